The topological polar surface area (TPSA) is 51.0 Å². The molecule has 102 valence electrons. The molecule has 0 aliphatic heterocycles. The predicted molar refractivity (Wildman–Crippen MR) is 74.7 cm³/mol. The van der Waals surface area contributed by atoms with Crippen LogP contribution in [0.3, 0.4) is 0 Å². The largest absolute Gasteiger partial charge is 0.339 e. The highest BCUT2D eigenvalue weighted by Crippen LogP contribution is 2.29. The van der Waals surface area contributed by atoms with Crippen molar-refractivity contribution in [2.75, 3.05) is 13.6 Å². The average molecular weight is 269 g/mol. The van der Waals surface area contributed by atoms with E-state index in [9.17, 15) is 0 Å². The van der Waals surface area contributed by atoms with Gasteiger partial charge >= 0.3 is 0 Å². The van der Waals surface area contributed by atoms with Gasteiger partial charge in [0.15, 0.2) is 5.82 Å². The van der Waals surface area contributed by atoms with Crippen molar-refractivity contribution in [3.8, 4) is 0 Å². The van der Waals surface area contributed by atoms with Crippen LogP contribution in [0.5, 0.6) is 0 Å². The fourth-order valence-corrected chi connectivity index (χ4v) is 3.46. The van der Waals surface area contributed by atoms with Crippen molar-refractivity contribution >= 4 is 11.8 Å². The molecule has 0 amide bonds. The zero-order valence-electron chi connectivity index (χ0n) is 11.2. The Morgan fingerprint density at radius 1 is 1.33 bits per heavy atom. The van der Waals surface area contributed by atoms with Gasteiger partial charge < -0.3 is 9.84 Å². The van der Waals surface area contributed by atoms with E-state index in [1.807, 2.05) is 18.8 Å². The number of hydrogen-bond donors (Lipinski definition) is 1. The predicted octanol–water partition coefficient (Wildman–Crippen LogP) is 2.79. The van der Waals surface area contributed by atoms with Crippen molar-refractivity contribution in [1.29, 1.82) is 0 Å². The zero-order chi connectivity index (χ0) is 12.6. The van der Waals surface area contributed by atoms with E-state index < -0.39 is 0 Å². The number of aromatic nitrogens is 2. The minimum atomic E-state index is 0.782. The second kappa shape index (κ2) is 7.79. The van der Waals surface area contributed by atoms with E-state index >= 15 is 0 Å². The number of thioether (sulfide) groups is 1. The molecule has 1 heterocycles. The summed E-state index contributed by atoms with van der Waals surface area (Å²) < 4.78 is 5.25. The van der Waals surface area contributed by atoms with Crippen LogP contribution in [0.25, 0.3) is 0 Å². The molecule has 1 aromatic rings. The van der Waals surface area contributed by atoms with Gasteiger partial charge in [-0.3, -0.25) is 0 Å². The smallest absolute Gasteiger partial charge is 0.226 e. The molecule has 1 aromatic heterocycles. The van der Waals surface area contributed by atoms with Crippen LogP contribution >= 0.6 is 11.8 Å². The van der Waals surface area contributed by atoms with Crippen LogP contribution in [0.15, 0.2) is 4.52 Å². The van der Waals surface area contributed by atoms with Crippen LogP contribution in [0.2, 0.25) is 0 Å². The maximum Gasteiger partial charge on any atom is 0.226 e. The molecule has 4 nitrogen and oxygen atoms in total. The molecule has 0 saturated heterocycles. The molecule has 1 aliphatic rings. The van der Waals surface area contributed by atoms with E-state index in [1.54, 1.807) is 0 Å². The summed E-state index contributed by atoms with van der Waals surface area (Å²) >= 11 is 1.99. The minimum absolute atomic E-state index is 0.782. The van der Waals surface area contributed by atoms with E-state index in [1.165, 1.54) is 32.1 Å². The van der Waals surface area contributed by atoms with E-state index in [4.69, 9.17) is 4.52 Å². The molecule has 0 radical (unpaired) electrons. The Hall–Kier alpha value is -0.550. The molecule has 1 fully saturated rings. The molecule has 1 aliphatic carbocycles. The average Bonchev–Trinajstić information content (AvgIpc) is 2.86. The first kappa shape index (κ1) is 13.9. The molecule has 0 bridgehead atoms. The lowest BCUT2D eigenvalue weighted by molar-refractivity contribution is 0.371. The normalized spacial score (nSPS) is 17.2. The van der Waals surface area contributed by atoms with Gasteiger partial charge in [0.05, 0.1) is 5.75 Å². The molecule has 0 unspecified atom stereocenters. The number of nitrogens with one attached hydrogen (secondary N) is 1. The second-order valence-electron chi connectivity index (χ2n) is 4.88. The molecular formula is C13H23N3OS. The maximum absolute atomic E-state index is 5.25. The van der Waals surface area contributed by atoms with Crippen LogP contribution < -0.4 is 5.32 Å². The summed E-state index contributed by atoms with van der Waals surface area (Å²) in [5.74, 6) is 2.55. The van der Waals surface area contributed by atoms with Gasteiger partial charge in [0, 0.05) is 11.7 Å². The Kier molecular flexibility index (Phi) is 6.00. The first-order valence-electron chi connectivity index (χ1n) is 6.96. The highest BCUT2D eigenvalue weighted by atomic mass is 32.2. The first-order chi connectivity index (χ1) is 8.88. The lowest BCUT2D eigenvalue weighted by Gasteiger charge is -2.19. The molecule has 0 spiro atoms. The van der Waals surface area contributed by atoms with Crippen molar-refractivity contribution < 1.29 is 4.52 Å². The molecule has 0 atom stereocenters. The van der Waals surface area contributed by atoms with Gasteiger partial charge in [-0.05, 0) is 32.9 Å². The van der Waals surface area contributed by atoms with Gasteiger partial charge in [0.2, 0.25) is 5.89 Å². The Balaban J connectivity index is 1.69. The Labute approximate surface area is 113 Å². The number of hydrogen-bond acceptors (Lipinski definition) is 5. The summed E-state index contributed by atoms with van der Waals surface area (Å²) in [5, 5.41) is 7.98. The number of aryl methyl sites for hydroxylation is 1. The summed E-state index contributed by atoms with van der Waals surface area (Å²) in [6, 6.07) is 0. The molecule has 0 aromatic carbocycles. The summed E-state index contributed by atoms with van der Waals surface area (Å²) in [5.41, 5.74) is 0. The zero-order valence-corrected chi connectivity index (χ0v) is 12.0. The van der Waals surface area contributed by atoms with Gasteiger partial charge in [-0.15, -0.1) is 0 Å². The van der Waals surface area contributed by atoms with Crippen molar-refractivity contribution in [1.82, 2.24) is 15.5 Å². The fraction of sp³-hybridized carbons (Fsp3) is 0.846. The molecule has 1 N–H and O–H groups in total. The van der Waals surface area contributed by atoms with Crippen molar-refractivity contribution in [3.05, 3.63) is 11.7 Å². The van der Waals surface area contributed by atoms with E-state index in [2.05, 4.69) is 15.5 Å². The van der Waals surface area contributed by atoms with E-state index in [0.717, 1.165) is 42.1 Å². The monoisotopic (exact) mass is 269 g/mol. The van der Waals surface area contributed by atoms with E-state index in [-0.39, 0.29) is 0 Å². The van der Waals surface area contributed by atoms with Crippen molar-refractivity contribution in [2.24, 2.45) is 0 Å². The summed E-state index contributed by atoms with van der Waals surface area (Å²) in [6.45, 7) is 0.995. The molecule has 18 heavy (non-hydrogen) atoms. The third kappa shape index (κ3) is 4.61. The van der Waals surface area contributed by atoms with Crippen LogP contribution in [-0.4, -0.2) is 29.0 Å². The molecular weight excluding hydrogens is 246 g/mol. The Bertz CT molecular complexity index is 337. The van der Waals surface area contributed by atoms with Gasteiger partial charge in [-0.25, -0.2) is 0 Å². The second-order valence-corrected chi connectivity index (χ2v) is 6.17. The summed E-state index contributed by atoms with van der Waals surface area (Å²) in [6.07, 6.45) is 8.83. The lowest BCUT2D eigenvalue weighted by atomic mass is 10.0. The number of rotatable bonds is 7. The molecule has 1 saturated carbocycles. The molecule has 5 heteroatoms. The third-order valence-electron chi connectivity index (χ3n) is 3.33. The van der Waals surface area contributed by atoms with Crippen molar-refractivity contribution in [3.63, 3.8) is 0 Å². The lowest BCUT2D eigenvalue weighted by Crippen LogP contribution is -2.08. The SMILES string of the molecule is CNCCCc1nc(CSC2CCCCC2)no1. The van der Waals surface area contributed by atoms with Gasteiger partial charge in [0.1, 0.15) is 0 Å². The van der Waals surface area contributed by atoms with Crippen molar-refractivity contribution in [2.45, 2.75) is 55.9 Å². The Morgan fingerprint density at radius 3 is 2.94 bits per heavy atom. The molecule has 2 rings (SSSR count). The highest BCUT2D eigenvalue weighted by Gasteiger charge is 2.15. The number of nitrogens with zero attached hydrogens (tertiary/aromatic N) is 2. The van der Waals surface area contributed by atoms with Crippen LogP contribution in [0.1, 0.15) is 50.2 Å². The van der Waals surface area contributed by atoms with Crippen LogP contribution in [-0.2, 0) is 12.2 Å². The van der Waals surface area contributed by atoms with Gasteiger partial charge in [0.25, 0.3) is 0 Å². The van der Waals surface area contributed by atoms with Gasteiger partial charge in [-0.2, -0.15) is 16.7 Å². The fourth-order valence-electron chi connectivity index (χ4n) is 2.29. The quantitative estimate of drug-likeness (QED) is 0.771. The minimum Gasteiger partial charge on any atom is -0.339 e. The first-order valence-corrected chi connectivity index (χ1v) is 8.01. The van der Waals surface area contributed by atoms with Crippen LogP contribution in [0, 0.1) is 0 Å². The van der Waals surface area contributed by atoms with E-state index in [0.29, 0.717) is 0 Å². The maximum atomic E-state index is 5.25. The highest BCUT2D eigenvalue weighted by molar-refractivity contribution is 7.99. The third-order valence-corrected chi connectivity index (χ3v) is 4.70. The summed E-state index contributed by atoms with van der Waals surface area (Å²) in [7, 11) is 1.96. The van der Waals surface area contributed by atoms with Gasteiger partial charge in [-0.1, -0.05) is 24.4 Å². The Morgan fingerprint density at radius 2 is 2.17 bits per heavy atom. The van der Waals surface area contributed by atoms with Crippen LogP contribution in [0.4, 0.5) is 0 Å². The summed E-state index contributed by atoms with van der Waals surface area (Å²) in [4.78, 5) is 4.44. The standard InChI is InChI=1S/C13H23N3OS/c1-14-9-5-8-13-15-12(16-17-13)10-18-11-6-3-2-4-7-11/h11,14H,2-10H2,1H3.